The molecule has 11 aromatic rings. The predicted octanol–water partition coefficient (Wildman–Crippen LogP) is 17.1. The minimum atomic E-state index is 0.900. The number of hydrogen-bond donors (Lipinski definition) is 0. The van der Waals surface area contributed by atoms with Crippen LogP contribution in [0, 0.1) is 0 Å². The first kappa shape index (κ1) is 36.8. The summed E-state index contributed by atoms with van der Waals surface area (Å²) in [5, 5.41) is 2.26. The van der Waals surface area contributed by atoms with Crippen molar-refractivity contribution in [3.05, 3.63) is 249 Å². The Labute approximate surface area is 362 Å². The summed E-state index contributed by atoms with van der Waals surface area (Å²) in [7, 11) is 0. The van der Waals surface area contributed by atoms with E-state index in [9.17, 15) is 0 Å². The number of rotatable bonds is 9. The van der Waals surface area contributed by atoms with Crippen LogP contribution in [0.15, 0.2) is 253 Å². The highest BCUT2D eigenvalue weighted by Crippen LogP contribution is 2.46. The van der Waals surface area contributed by atoms with Gasteiger partial charge in [0.25, 0.3) is 0 Å². The van der Waals surface area contributed by atoms with Crippen molar-refractivity contribution in [1.82, 2.24) is 0 Å². The highest BCUT2D eigenvalue weighted by atomic mass is 16.3. The zero-order valence-electron chi connectivity index (χ0n) is 34.0. The fourth-order valence-corrected chi connectivity index (χ4v) is 8.92. The number of para-hydroxylation sites is 3. The van der Waals surface area contributed by atoms with Crippen molar-refractivity contribution in [1.29, 1.82) is 0 Å². The molecule has 0 N–H and O–H groups in total. The molecule has 0 fully saturated rings. The van der Waals surface area contributed by atoms with Gasteiger partial charge in [-0.2, -0.15) is 0 Å². The Bertz CT molecular complexity index is 3310. The Kier molecular flexibility index (Phi) is 9.57. The molecule has 62 heavy (non-hydrogen) atoms. The average Bonchev–Trinajstić information content (AvgIpc) is 3.75. The lowest BCUT2D eigenvalue weighted by Gasteiger charge is -2.29. The smallest absolute Gasteiger partial charge is 0.143 e. The maximum atomic E-state index is 6.47. The van der Waals surface area contributed by atoms with E-state index in [0.29, 0.717) is 0 Å². The summed E-state index contributed by atoms with van der Waals surface area (Å²) in [6.07, 6.45) is 0. The fourth-order valence-electron chi connectivity index (χ4n) is 8.92. The van der Waals surface area contributed by atoms with Crippen LogP contribution >= 0.6 is 0 Å². The monoisotopic (exact) mass is 791 g/mol. The molecule has 0 saturated carbocycles. The van der Waals surface area contributed by atoms with Crippen molar-refractivity contribution in [3.8, 4) is 66.8 Å². The van der Waals surface area contributed by atoms with E-state index < -0.39 is 0 Å². The molecule has 1 aromatic heterocycles. The predicted molar refractivity (Wildman–Crippen MR) is 261 cm³/mol. The minimum Gasteiger partial charge on any atom is -0.455 e. The number of benzene rings is 10. The van der Waals surface area contributed by atoms with Crippen LogP contribution in [0.1, 0.15) is 0 Å². The van der Waals surface area contributed by atoms with E-state index in [1.54, 1.807) is 0 Å². The van der Waals surface area contributed by atoms with Gasteiger partial charge in [0.15, 0.2) is 0 Å². The number of hydrogen-bond acceptors (Lipinski definition) is 2. The van der Waals surface area contributed by atoms with E-state index >= 15 is 0 Å². The molecule has 11 rings (SSSR count). The largest absolute Gasteiger partial charge is 0.455 e. The maximum Gasteiger partial charge on any atom is 0.143 e. The van der Waals surface area contributed by atoms with Gasteiger partial charge < -0.3 is 9.32 Å². The first-order chi connectivity index (χ1) is 30.8. The maximum absolute atomic E-state index is 6.47. The standard InChI is InChI=1S/C60H41NO/c1-4-17-42(18-5-1)44-31-36-48(37-32-44)61(49-38-33-46(34-39-49)50-27-16-28-56-55-26-13-15-30-59(55)62-60(50)56)58-29-14-12-25-54(58)52-24-11-10-23-51(52)53-40-35-47(43-19-6-2-7-20-43)41-57(53)45-21-8-3-9-22-45/h1-41H. The number of nitrogens with zero attached hydrogens (tertiary/aromatic N) is 1. The van der Waals surface area contributed by atoms with Gasteiger partial charge in [0.1, 0.15) is 11.2 Å². The second-order valence-corrected chi connectivity index (χ2v) is 15.6. The van der Waals surface area contributed by atoms with Gasteiger partial charge >= 0.3 is 0 Å². The molecular weight excluding hydrogens is 751 g/mol. The van der Waals surface area contributed by atoms with Gasteiger partial charge in [-0.1, -0.05) is 206 Å². The highest BCUT2D eigenvalue weighted by Gasteiger charge is 2.21. The van der Waals surface area contributed by atoms with Gasteiger partial charge in [0.2, 0.25) is 0 Å². The Morgan fingerprint density at radius 3 is 1.37 bits per heavy atom. The van der Waals surface area contributed by atoms with Crippen LogP contribution in [0.4, 0.5) is 17.1 Å². The number of furan rings is 1. The normalized spacial score (nSPS) is 11.2. The van der Waals surface area contributed by atoms with Crippen LogP contribution in [0.25, 0.3) is 88.7 Å². The summed E-state index contributed by atoms with van der Waals surface area (Å²) in [4.78, 5) is 2.39. The van der Waals surface area contributed by atoms with Gasteiger partial charge in [0.05, 0.1) is 5.69 Å². The third kappa shape index (κ3) is 6.84. The Morgan fingerprint density at radius 1 is 0.258 bits per heavy atom. The molecule has 0 aliphatic rings. The molecule has 0 aliphatic heterocycles. The van der Waals surface area contributed by atoms with Crippen molar-refractivity contribution in [2.24, 2.45) is 0 Å². The summed E-state index contributed by atoms with van der Waals surface area (Å²) in [6.45, 7) is 0. The molecule has 2 nitrogen and oxygen atoms in total. The second kappa shape index (κ2) is 16.1. The van der Waals surface area contributed by atoms with E-state index in [-0.39, 0.29) is 0 Å². The summed E-state index contributed by atoms with van der Waals surface area (Å²) < 4.78 is 6.47. The van der Waals surface area contributed by atoms with Crippen molar-refractivity contribution < 1.29 is 4.42 Å². The summed E-state index contributed by atoms with van der Waals surface area (Å²) in [5.74, 6) is 0. The molecule has 292 valence electrons. The molecule has 2 heteroatoms. The van der Waals surface area contributed by atoms with E-state index in [0.717, 1.165) is 61.3 Å². The quantitative estimate of drug-likeness (QED) is 0.145. The molecule has 0 radical (unpaired) electrons. The third-order valence-electron chi connectivity index (χ3n) is 11.9. The minimum absolute atomic E-state index is 0.900. The summed E-state index contributed by atoms with van der Waals surface area (Å²) >= 11 is 0. The Morgan fingerprint density at radius 2 is 0.694 bits per heavy atom. The molecule has 0 spiro atoms. The molecular formula is C60H41NO. The van der Waals surface area contributed by atoms with Crippen molar-refractivity contribution >= 4 is 39.0 Å². The molecule has 0 amide bonds. The van der Waals surface area contributed by atoms with Crippen LogP contribution in [0.2, 0.25) is 0 Å². The van der Waals surface area contributed by atoms with Crippen molar-refractivity contribution in [2.45, 2.75) is 0 Å². The van der Waals surface area contributed by atoms with Crippen LogP contribution < -0.4 is 4.90 Å². The first-order valence-corrected chi connectivity index (χ1v) is 21.2. The van der Waals surface area contributed by atoms with Crippen LogP contribution in [-0.2, 0) is 0 Å². The lowest BCUT2D eigenvalue weighted by Crippen LogP contribution is -2.11. The third-order valence-corrected chi connectivity index (χ3v) is 11.9. The molecule has 0 unspecified atom stereocenters. The summed E-state index contributed by atoms with van der Waals surface area (Å²) in [5.41, 5.74) is 19.0. The van der Waals surface area contributed by atoms with Crippen LogP contribution in [0.3, 0.4) is 0 Å². The van der Waals surface area contributed by atoms with Gasteiger partial charge in [-0.25, -0.2) is 0 Å². The zero-order chi connectivity index (χ0) is 41.2. The van der Waals surface area contributed by atoms with Crippen molar-refractivity contribution in [2.75, 3.05) is 4.90 Å². The van der Waals surface area contributed by atoms with E-state index in [2.05, 4.69) is 241 Å². The molecule has 1 heterocycles. The van der Waals surface area contributed by atoms with Gasteiger partial charge in [0, 0.05) is 33.3 Å². The van der Waals surface area contributed by atoms with Gasteiger partial charge in [-0.05, 0) is 98.1 Å². The lowest BCUT2D eigenvalue weighted by atomic mass is 9.87. The molecule has 0 aliphatic carbocycles. The van der Waals surface area contributed by atoms with E-state index in [1.165, 1.54) is 44.5 Å². The topological polar surface area (TPSA) is 16.4 Å². The number of anilines is 3. The fraction of sp³-hybridized carbons (Fsp3) is 0. The molecule has 0 atom stereocenters. The Balaban J connectivity index is 1.06. The molecule has 0 saturated heterocycles. The lowest BCUT2D eigenvalue weighted by molar-refractivity contribution is 0.670. The van der Waals surface area contributed by atoms with E-state index in [1.807, 2.05) is 12.1 Å². The molecule has 0 bridgehead atoms. The Hall–Kier alpha value is -8.20. The average molecular weight is 792 g/mol. The number of fused-ring (bicyclic) bond motifs is 3. The summed E-state index contributed by atoms with van der Waals surface area (Å²) in [6, 6.07) is 89.1. The van der Waals surface area contributed by atoms with Gasteiger partial charge in [-0.15, -0.1) is 0 Å². The molecule has 10 aromatic carbocycles. The van der Waals surface area contributed by atoms with Gasteiger partial charge in [-0.3, -0.25) is 0 Å². The van der Waals surface area contributed by atoms with Crippen LogP contribution in [0.5, 0.6) is 0 Å². The van der Waals surface area contributed by atoms with E-state index in [4.69, 9.17) is 4.42 Å². The second-order valence-electron chi connectivity index (χ2n) is 15.6. The SMILES string of the molecule is c1ccc(-c2ccc(N(c3ccc(-c4cccc5c4oc4ccccc45)cc3)c3ccccc3-c3ccccc3-c3ccc(-c4ccccc4)cc3-c3ccccc3)cc2)cc1. The highest BCUT2D eigenvalue weighted by molar-refractivity contribution is 6.09. The van der Waals surface area contributed by atoms with Crippen molar-refractivity contribution in [3.63, 3.8) is 0 Å². The zero-order valence-corrected chi connectivity index (χ0v) is 34.0. The van der Waals surface area contributed by atoms with Crippen LogP contribution in [-0.4, -0.2) is 0 Å². The first-order valence-electron chi connectivity index (χ1n) is 21.2.